The van der Waals surface area contributed by atoms with Gasteiger partial charge in [-0.25, -0.2) is 4.99 Å². The van der Waals surface area contributed by atoms with E-state index in [2.05, 4.69) is 40.4 Å². The van der Waals surface area contributed by atoms with Gasteiger partial charge in [-0.2, -0.15) is 0 Å². The summed E-state index contributed by atoms with van der Waals surface area (Å²) in [6.07, 6.45) is 0. The number of nitrogens with two attached hydrogens (primary N) is 1. The van der Waals surface area contributed by atoms with Gasteiger partial charge in [0.1, 0.15) is 12.3 Å². The van der Waals surface area contributed by atoms with E-state index in [1.165, 1.54) is 0 Å². The van der Waals surface area contributed by atoms with Crippen LogP contribution in [0.5, 0.6) is 0 Å². The molecule has 0 bridgehead atoms. The largest absolute Gasteiger partial charge is 0.454 e. The summed E-state index contributed by atoms with van der Waals surface area (Å²) >= 11 is 6.47. The minimum Gasteiger partial charge on any atom is -0.454 e. The molecule has 0 aliphatic rings. The molecule has 1 aromatic carbocycles. The number of nitrogens with one attached hydrogen (secondary N) is 2. The SMILES string of the molecule is CCNC(=NCc1ccc(C(N)=O)o1)NCC(c1ccccc1Cl)N(CC)CC.I. The highest BCUT2D eigenvalue weighted by Crippen LogP contribution is 2.26. The van der Waals surface area contributed by atoms with Gasteiger partial charge in [0.2, 0.25) is 0 Å². The van der Waals surface area contributed by atoms with Crippen LogP contribution in [-0.2, 0) is 6.54 Å². The van der Waals surface area contributed by atoms with E-state index < -0.39 is 5.91 Å². The van der Waals surface area contributed by atoms with Crippen molar-refractivity contribution in [3.05, 3.63) is 58.5 Å². The number of rotatable bonds is 10. The summed E-state index contributed by atoms with van der Waals surface area (Å²) in [4.78, 5) is 18.1. The van der Waals surface area contributed by atoms with Crippen molar-refractivity contribution in [3.63, 3.8) is 0 Å². The Hall–Kier alpha value is -1.78. The van der Waals surface area contributed by atoms with Crippen molar-refractivity contribution >= 4 is 47.4 Å². The van der Waals surface area contributed by atoms with E-state index in [0.29, 0.717) is 24.8 Å². The second kappa shape index (κ2) is 13.5. The molecule has 1 amide bonds. The number of carbonyl (C=O) groups is 1. The molecule has 1 aromatic heterocycles. The first-order valence-electron chi connectivity index (χ1n) is 9.89. The number of primary amides is 1. The van der Waals surface area contributed by atoms with Crippen LogP contribution in [0.15, 0.2) is 45.8 Å². The monoisotopic (exact) mass is 547 g/mol. The molecule has 2 aromatic rings. The molecule has 0 saturated heterocycles. The molecule has 0 aliphatic carbocycles. The van der Waals surface area contributed by atoms with Crippen molar-refractivity contribution in [3.8, 4) is 0 Å². The first-order valence-corrected chi connectivity index (χ1v) is 10.3. The van der Waals surface area contributed by atoms with E-state index in [0.717, 1.165) is 30.2 Å². The molecule has 0 aliphatic heterocycles. The van der Waals surface area contributed by atoms with Gasteiger partial charge in [-0.05, 0) is 43.8 Å². The lowest BCUT2D eigenvalue weighted by atomic mass is 10.0. The molecule has 1 atom stereocenters. The lowest BCUT2D eigenvalue weighted by Crippen LogP contribution is -2.43. The van der Waals surface area contributed by atoms with Crippen molar-refractivity contribution in [1.29, 1.82) is 0 Å². The molecule has 0 saturated carbocycles. The fourth-order valence-corrected chi connectivity index (χ4v) is 3.39. The van der Waals surface area contributed by atoms with E-state index in [1.807, 2.05) is 25.1 Å². The van der Waals surface area contributed by atoms with Crippen LogP contribution < -0.4 is 16.4 Å². The fourth-order valence-electron chi connectivity index (χ4n) is 3.13. The minimum atomic E-state index is -0.591. The van der Waals surface area contributed by atoms with Crippen LogP contribution in [-0.4, -0.2) is 42.9 Å². The van der Waals surface area contributed by atoms with Crippen molar-refractivity contribution in [2.24, 2.45) is 10.7 Å². The molecule has 30 heavy (non-hydrogen) atoms. The third kappa shape index (κ3) is 7.48. The van der Waals surface area contributed by atoms with Crippen LogP contribution in [0.2, 0.25) is 5.02 Å². The molecule has 2 rings (SSSR count). The molecular formula is C21H31ClIN5O2. The normalized spacial score (nSPS) is 12.4. The van der Waals surface area contributed by atoms with Gasteiger partial charge in [-0.15, -0.1) is 24.0 Å². The van der Waals surface area contributed by atoms with Gasteiger partial charge in [0.05, 0.1) is 6.04 Å². The average molecular weight is 548 g/mol. The number of hydrogen-bond donors (Lipinski definition) is 3. The molecule has 0 radical (unpaired) electrons. The lowest BCUT2D eigenvalue weighted by Gasteiger charge is -2.31. The Labute approximate surface area is 200 Å². The first-order chi connectivity index (χ1) is 14.0. The van der Waals surface area contributed by atoms with Crippen LogP contribution in [0.4, 0.5) is 0 Å². The Kier molecular flexibility index (Phi) is 11.8. The molecule has 7 nitrogen and oxygen atoms in total. The van der Waals surface area contributed by atoms with Crippen LogP contribution in [0.1, 0.15) is 48.7 Å². The van der Waals surface area contributed by atoms with E-state index in [9.17, 15) is 4.79 Å². The first kappa shape index (κ1) is 26.3. The number of halogens is 2. The van der Waals surface area contributed by atoms with Crippen LogP contribution in [0, 0.1) is 0 Å². The van der Waals surface area contributed by atoms with Gasteiger partial charge < -0.3 is 20.8 Å². The number of guanidine groups is 1. The van der Waals surface area contributed by atoms with E-state index >= 15 is 0 Å². The van der Waals surface area contributed by atoms with Gasteiger partial charge in [0.25, 0.3) is 5.91 Å². The summed E-state index contributed by atoms with van der Waals surface area (Å²) in [6.45, 7) is 9.75. The van der Waals surface area contributed by atoms with Gasteiger partial charge in [-0.3, -0.25) is 9.69 Å². The van der Waals surface area contributed by atoms with Gasteiger partial charge in [-0.1, -0.05) is 43.6 Å². The molecular weight excluding hydrogens is 517 g/mol. The van der Waals surface area contributed by atoms with Crippen molar-refractivity contribution in [2.75, 3.05) is 26.2 Å². The van der Waals surface area contributed by atoms with E-state index in [-0.39, 0.29) is 35.8 Å². The molecule has 1 unspecified atom stereocenters. The molecule has 4 N–H and O–H groups in total. The Balaban J connectivity index is 0.00000450. The second-order valence-electron chi connectivity index (χ2n) is 6.46. The minimum absolute atomic E-state index is 0. The Bertz CT molecular complexity index is 823. The number of carbonyl (C=O) groups excluding carboxylic acids is 1. The van der Waals surface area contributed by atoms with Crippen molar-refractivity contribution in [1.82, 2.24) is 15.5 Å². The number of amides is 1. The predicted octanol–water partition coefficient (Wildman–Crippen LogP) is 3.79. The number of furan rings is 1. The van der Waals surface area contributed by atoms with E-state index in [1.54, 1.807) is 12.1 Å². The smallest absolute Gasteiger partial charge is 0.284 e. The molecule has 0 spiro atoms. The zero-order valence-electron chi connectivity index (χ0n) is 17.7. The number of nitrogens with zero attached hydrogens (tertiary/aromatic N) is 2. The van der Waals surface area contributed by atoms with Gasteiger partial charge in [0.15, 0.2) is 11.7 Å². The highest BCUT2D eigenvalue weighted by Gasteiger charge is 2.20. The average Bonchev–Trinajstić information content (AvgIpc) is 3.19. The van der Waals surface area contributed by atoms with Crippen LogP contribution >= 0.6 is 35.6 Å². The summed E-state index contributed by atoms with van der Waals surface area (Å²) in [5.41, 5.74) is 6.31. The third-order valence-electron chi connectivity index (χ3n) is 4.62. The zero-order chi connectivity index (χ0) is 21.2. The quantitative estimate of drug-likeness (QED) is 0.239. The number of benzene rings is 1. The Morgan fingerprint density at radius 2 is 1.87 bits per heavy atom. The van der Waals surface area contributed by atoms with Crippen molar-refractivity contribution < 1.29 is 9.21 Å². The summed E-state index contributed by atoms with van der Waals surface area (Å²) in [6, 6.07) is 11.3. The standard InChI is InChI=1S/C21H30ClN5O2.HI/c1-4-24-21(25-13-15-11-12-19(29-15)20(23)28)26-14-18(27(5-2)6-3)16-9-7-8-10-17(16)22;/h7-12,18H,4-6,13-14H2,1-3H3,(H2,23,28)(H2,24,25,26);1H. The maximum Gasteiger partial charge on any atom is 0.284 e. The van der Waals surface area contributed by atoms with Crippen LogP contribution in [0.3, 0.4) is 0 Å². The topological polar surface area (TPSA) is 95.9 Å². The molecule has 166 valence electrons. The maximum absolute atomic E-state index is 11.2. The number of hydrogen-bond acceptors (Lipinski definition) is 4. The van der Waals surface area contributed by atoms with Gasteiger partial charge >= 0.3 is 0 Å². The van der Waals surface area contributed by atoms with E-state index in [4.69, 9.17) is 21.8 Å². The molecule has 9 heteroatoms. The fraction of sp³-hybridized carbons (Fsp3) is 0.429. The highest BCUT2D eigenvalue weighted by molar-refractivity contribution is 14.0. The Morgan fingerprint density at radius 3 is 2.43 bits per heavy atom. The highest BCUT2D eigenvalue weighted by atomic mass is 127. The van der Waals surface area contributed by atoms with Crippen LogP contribution in [0.25, 0.3) is 0 Å². The Morgan fingerprint density at radius 1 is 1.17 bits per heavy atom. The second-order valence-corrected chi connectivity index (χ2v) is 6.87. The summed E-state index contributed by atoms with van der Waals surface area (Å²) in [5, 5.41) is 7.39. The molecule has 0 fully saturated rings. The van der Waals surface area contributed by atoms with Gasteiger partial charge in [0, 0.05) is 18.1 Å². The summed E-state index contributed by atoms with van der Waals surface area (Å²) in [5.74, 6) is 0.775. The number of likely N-dealkylation sites (N-methyl/N-ethyl adjacent to an activating group) is 1. The lowest BCUT2D eigenvalue weighted by molar-refractivity contribution is 0.0972. The summed E-state index contributed by atoms with van der Waals surface area (Å²) < 4.78 is 5.39. The molecule has 1 heterocycles. The third-order valence-corrected chi connectivity index (χ3v) is 4.97. The van der Waals surface area contributed by atoms with Crippen molar-refractivity contribution in [2.45, 2.75) is 33.4 Å². The predicted molar refractivity (Wildman–Crippen MR) is 133 cm³/mol. The summed E-state index contributed by atoms with van der Waals surface area (Å²) in [7, 11) is 0. The maximum atomic E-state index is 11.2. The zero-order valence-corrected chi connectivity index (χ0v) is 20.7. The number of aliphatic imine (C=N–C) groups is 1.